The maximum atomic E-state index is 15.3. The van der Waals surface area contributed by atoms with Crippen molar-refractivity contribution in [1.29, 1.82) is 0 Å². The average Bonchev–Trinajstić information content (AvgIpc) is 2.67. The first-order valence-corrected chi connectivity index (χ1v) is 9.37. The summed E-state index contributed by atoms with van der Waals surface area (Å²) in [5.41, 5.74) is 2.97. The quantitative estimate of drug-likeness (QED) is 0.417. The number of rotatable bonds is 6. The fraction of sp³-hybridized carbons (Fsp3) is 0.227. The van der Waals surface area contributed by atoms with Crippen molar-refractivity contribution in [2.75, 3.05) is 0 Å². The van der Waals surface area contributed by atoms with Crippen molar-refractivity contribution >= 4 is 22.5 Å². The van der Waals surface area contributed by atoms with Crippen LogP contribution in [0.1, 0.15) is 29.8 Å². The highest BCUT2D eigenvalue weighted by atomic mass is 19.1. The zero-order chi connectivity index (χ0) is 21.5. The molecule has 0 saturated heterocycles. The Morgan fingerprint density at radius 2 is 1.83 bits per heavy atom. The number of aromatic hydroxyl groups is 1. The zero-order valence-electron chi connectivity index (χ0n) is 15.8. The van der Waals surface area contributed by atoms with Crippen LogP contribution >= 0.6 is 0 Å². The smallest absolute Gasteiger partial charge is 0.314 e. The molecule has 1 saturated carbocycles. The van der Waals surface area contributed by atoms with Gasteiger partial charge < -0.3 is 14.9 Å². The van der Waals surface area contributed by atoms with Gasteiger partial charge in [0.15, 0.2) is 11.4 Å². The second kappa shape index (κ2) is 7.07. The molecule has 30 heavy (non-hydrogen) atoms. The van der Waals surface area contributed by atoms with Crippen molar-refractivity contribution in [3.63, 3.8) is 0 Å². The number of fused-ring (bicyclic) bond motifs is 1. The third-order valence-electron chi connectivity index (χ3n) is 5.67. The Labute approximate surface area is 170 Å². The Bertz CT molecular complexity index is 1140. The van der Waals surface area contributed by atoms with Gasteiger partial charge in [-0.25, -0.2) is 9.37 Å². The van der Waals surface area contributed by atoms with Crippen LogP contribution in [-0.4, -0.2) is 32.7 Å². The predicted octanol–water partition coefficient (Wildman–Crippen LogP) is 3.79. The molecule has 4 N–H and O–H groups in total. The number of para-hydroxylation sites is 1. The van der Waals surface area contributed by atoms with E-state index < -0.39 is 34.4 Å². The first-order chi connectivity index (χ1) is 14.3. The highest BCUT2D eigenvalue weighted by molar-refractivity contribution is 6.09. The van der Waals surface area contributed by atoms with E-state index in [1.807, 2.05) is 18.2 Å². The highest BCUT2D eigenvalue weighted by Crippen LogP contribution is 2.51. The molecule has 1 unspecified atom stereocenters. The van der Waals surface area contributed by atoms with E-state index in [0.717, 1.165) is 0 Å². The highest BCUT2D eigenvalue weighted by Gasteiger charge is 2.64. The third kappa shape index (κ3) is 2.96. The normalized spacial score (nSPS) is 17.0. The number of halogens is 1. The molecule has 0 spiro atoms. The molecule has 1 atom stereocenters. The van der Waals surface area contributed by atoms with E-state index in [9.17, 15) is 19.8 Å². The van der Waals surface area contributed by atoms with Gasteiger partial charge in [-0.3, -0.25) is 15.3 Å². The molecule has 0 aliphatic heterocycles. The minimum Gasteiger partial charge on any atom is -0.505 e. The molecule has 154 valence electrons. The Balaban J connectivity index is 1.69. The van der Waals surface area contributed by atoms with E-state index in [4.69, 9.17) is 10.5 Å². The van der Waals surface area contributed by atoms with E-state index in [1.165, 1.54) is 12.3 Å². The average molecular weight is 410 g/mol. The fourth-order valence-electron chi connectivity index (χ4n) is 3.69. The molecule has 1 aliphatic rings. The first-order valence-electron chi connectivity index (χ1n) is 9.37. The summed E-state index contributed by atoms with van der Waals surface area (Å²) in [4.78, 5) is 28.3. The van der Waals surface area contributed by atoms with Gasteiger partial charge in [-0.15, -0.1) is 0 Å². The van der Waals surface area contributed by atoms with E-state index in [-0.39, 0.29) is 18.2 Å². The summed E-state index contributed by atoms with van der Waals surface area (Å²) in [5.74, 6) is -5.48. The molecule has 0 amide bonds. The summed E-state index contributed by atoms with van der Waals surface area (Å²) in [6, 6.07) is 13.8. The number of carboxylic acids is 1. The first kappa shape index (κ1) is 19.8. The maximum Gasteiger partial charge on any atom is 0.314 e. The summed E-state index contributed by atoms with van der Waals surface area (Å²) in [7, 11) is 0. The van der Waals surface area contributed by atoms with Crippen LogP contribution in [0.4, 0.5) is 4.39 Å². The summed E-state index contributed by atoms with van der Waals surface area (Å²) in [6.45, 7) is 0. The lowest BCUT2D eigenvalue weighted by Gasteiger charge is -2.44. The number of nitrogens with two attached hydrogens (primary N) is 1. The molecule has 0 radical (unpaired) electrons. The van der Waals surface area contributed by atoms with E-state index in [0.29, 0.717) is 23.3 Å². The Morgan fingerprint density at radius 3 is 2.43 bits per heavy atom. The molecule has 1 fully saturated rings. The maximum absolute atomic E-state index is 15.3. The summed E-state index contributed by atoms with van der Waals surface area (Å²) < 4.78 is 21.0. The van der Waals surface area contributed by atoms with Crippen molar-refractivity contribution in [2.45, 2.75) is 25.1 Å². The second-order valence-electron chi connectivity index (χ2n) is 7.40. The van der Waals surface area contributed by atoms with Gasteiger partial charge in [0.1, 0.15) is 16.9 Å². The number of benzene rings is 2. The molecule has 1 aromatic heterocycles. The summed E-state index contributed by atoms with van der Waals surface area (Å²) >= 11 is 0. The van der Waals surface area contributed by atoms with Crippen molar-refractivity contribution in [1.82, 2.24) is 4.98 Å². The largest absolute Gasteiger partial charge is 0.505 e. The van der Waals surface area contributed by atoms with Crippen molar-refractivity contribution < 1.29 is 28.9 Å². The van der Waals surface area contributed by atoms with Gasteiger partial charge in [-0.05, 0) is 43.2 Å². The molecular weight excluding hydrogens is 391 g/mol. The van der Waals surface area contributed by atoms with Crippen LogP contribution < -0.4 is 10.5 Å². The van der Waals surface area contributed by atoms with Gasteiger partial charge in [0.2, 0.25) is 11.6 Å². The van der Waals surface area contributed by atoms with Crippen molar-refractivity contribution in [3.05, 3.63) is 60.4 Å². The van der Waals surface area contributed by atoms with Crippen molar-refractivity contribution in [3.8, 4) is 17.2 Å². The molecule has 2 aromatic carbocycles. The number of hydrogen-bond donors (Lipinski definition) is 3. The topological polar surface area (TPSA) is 123 Å². The fourth-order valence-corrected chi connectivity index (χ4v) is 3.69. The number of aliphatic carboxylic acids is 1. The minimum absolute atomic E-state index is 0.0599. The molecule has 8 heteroatoms. The third-order valence-corrected chi connectivity index (χ3v) is 5.67. The van der Waals surface area contributed by atoms with Crippen LogP contribution in [0, 0.1) is 5.41 Å². The van der Waals surface area contributed by atoms with Gasteiger partial charge in [-0.1, -0.05) is 24.6 Å². The van der Waals surface area contributed by atoms with Gasteiger partial charge in [0.05, 0.1) is 0 Å². The number of carbonyl (C=O) groups is 2. The number of Topliss-reactive ketones (excluding diaryl/α,β-unsaturated/α-hetero) is 1. The predicted molar refractivity (Wildman–Crippen MR) is 106 cm³/mol. The number of carboxylic acid groups (broad SMARTS) is 1. The molecule has 1 aliphatic carbocycles. The van der Waals surface area contributed by atoms with Crippen LogP contribution in [0.15, 0.2) is 54.7 Å². The lowest BCUT2D eigenvalue weighted by Crippen LogP contribution is -2.64. The monoisotopic (exact) mass is 410 g/mol. The number of carbonyl (C=O) groups excluding carboxylic acids is 1. The molecular formula is C22H19FN2O5. The van der Waals surface area contributed by atoms with Crippen LogP contribution in [-0.2, 0) is 4.79 Å². The number of pyridine rings is 1. The van der Waals surface area contributed by atoms with Crippen LogP contribution in [0.2, 0.25) is 0 Å². The van der Waals surface area contributed by atoms with E-state index in [2.05, 4.69) is 4.98 Å². The molecule has 3 aromatic rings. The number of nitrogens with zero attached hydrogens (tertiary/aromatic N) is 1. The van der Waals surface area contributed by atoms with Gasteiger partial charge >= 0.3 is 5.97 Å². The second-order valence-corrected chi connectivity index (χ2v) is 7.40. The number of ether oxygens (including phenoxy) is 1. The summed E-state index contributed by atoms with van der Waals surface area (Å²) in [6.07, 6.45) is 1.61. The van der Waals surface area contributed by atoms with Gasteiger partial charge in [0.25, 0.3) is 0 Å². The minimum atomic E-state index is -3.19. The van der Waals surface area contributed by atoms with Gasteiger partial charge in [-0.2, -0.15) is 0 Å². The van der Waals surface area contributed by atoms with Crippen molar-refractivity contribution in [2.24, 2.45) is 11.1 Å². The molecule has 4 rings (SSSR count). The standard InChI is InChI=1S/C22H19FN2O5/c23-22(24,21(20(28)29)9-4-10-21)19(27)17-18(26)16-8-7-15(11-13(16)12-25-17)30-14-5-2-1-3-6-14/h1-3,5-8,11-12,26H,4,9-10,24H2,(H,28,29). The SMILES string of the molecule is NC(F)(C(=O)c1ncc2cc(Oc3ccccc3)ccc2c1O)C1(C(=O)O)CCC1. The van der Waals surface area contributed by atoms with Crippen LogP contribution in [0.3, 0.4) is 0 Å². The Hall–Kier alpha value is -3.52. The van der Waals surface area contributed by atoms with Gasteiger partial charge in [0, 0.05) is 17.0 Å². The van der Waals surface area contributed by atoms with E-state index >= 15 is 4.39 Å². The Morgan fingerprint density at radius 1 is 1.13 bits per heavy atom. The molecule has 1 heterocycles. The number of aromatic nitrogens is 1. The number of ketones is 1. The Kier molecular flexibility index (Phi) is 4.66. The summed E-state index contributed by atoms with van der Waals surface area (Å²) in [5, 5.41) is 20.7. The molecule has 7 nitrogen and oxygen atoms in total. The number of alkyl halides is 1. The number of hydrogen-bond acceptors (Lipinski definition) is 6. The van der Waals surface area contributed by atoms with Crippen LogP contribution in [0.25, 0.3) is 10.8 Å². The van der Waals surface area contributed by atoms with E-state index in [1.54, 1.807) is 24.3 Å². The van der Waals surface area contributed by atoms with Crippen LogP contribution in [0.5, 0.6) is 17.2 Å². The zero-order valence-corrected chi connectivity index (χ0v) is 15.8. The lowest BCUT2D eigenvalue weighted by molar-refractivity contribution is -0.166. The lowest BCUT2D eigenvalue weighted by atomic mass is 9.61. The molecule has 0 bridgehead atoms.